The number of fused-ring (bicyclic) bond motifs is 1. The molecule has 160 valence electrons. The van der Waals surface area contributed by atoms with Crippen LogP contribution in [0.25, 0.3) is 11.3 Å². The first-order valence-corrected chi connectivity index (χ1v) is 10.9. The van der Waals surface area contributed by atoms with Crippen LogP contribution in [0.2, 0.25) is 5.02 Å². The number of hydrogen-bond acceptors (Lipinski definition) is 4. The van der Waals surface area contributed by atoms with Crippen molar-refractivity contribution in [2.75, 3.05) is 18.4 Å². The molecule has 4 nitrogen and oxygen atoms in total. The fraction of sp³-hybridized carbons (Fsp3) is 0.333. The molecule has 1 saturated carbocycles. The Kier molecular flexibility index (Phi) is 5.59. The summed E-state index contributed by atoms with van der Waals surface area (Å²) in [6.45, 7) is 2.67. The molecule has 1 aromatic heterocycles. The fourth-order valence-corrected chi connectivity index (χ4v) is 5.18. The lowest BCUT2D eigenvalue weighted by atomic mass is 10.0. The first-order valence-electron chi connectivity index (χ1n) is 10.6. The van der Waals surface area contributed by atoms with Crippen LogP contribution in [0.15, 0.2) is 54.6 Å². The van der Waals surface area contributed by atoms with Crippen LogP contribution in [-0.4, -0.2) is 34.2 Å². The largest absolute Gasteiger partial charge is 0.366 e. The quantitative estimate of drug-likeness (QED) is 0.577. The van der Waals surface area contributed by atoms with Gasteiger partial charge < -0.3 is 5.32 Å². The third-order valence-electron chi connectivity index (χ3n) is 6.40. The molecule has 2 fully saturated rings. The molecule has 2 aromatic carbocycles. The summed E-state index contributed by atoms with van der Waals surface area (Å²) in [6.07, 6.45) is 2.13. The van der Waals surface area contributed by atoms with Gasteiger partial charge in [-0.05, 0) is 61.1 Å². The molecule has 31 heavy (non-hydrogen) atoms. The molecule has 1 unspecified atom stereocenters. The third kappa shape index (κ3) is 4.41. The SMILES string of the molecule is Fc1ccc(Cl)c(-c2ccc(NC3C[C@@H]4CN(Cc5ccccc5F)C[C@@H]4C3)nn2)c1. The standard InChI is InChI=1S/C24H23ClF2N4/c25-21-6-5-18(26)11-20(21)23-7-8-24(30-29-23)28-19-9-16-13-31(14-17(16)10-19)12-15-3-1-2-4-22(15)27/h1-8,11,16-17,19H,9-10,12-14H2,(H,28,30)/t16-,17+,19?. The van der Waals surface area contributed by atoms with E-state index < -0.39 is 0 Å². The summed E-state index contributed by atoms with van der Waals surface area (Å²) >= 11 is 6.16. The molecule has 1 N–H and O–H groups in total. The maximum absolute atomic E-state index is 13.9. The highest BCUT2D eigenvalue weighted by atomic mass is 35.5. The molecule has 2 aliphatic rings. The van der Waals surface area contributed by atoms with E-state index in [0.717, 1.165) is 31.5 Å². The lowest BCUT2D eigenvalue weighted by Gasteiger charge is -2.20. The molecule has 0 spiro atoms. The van der Waals surface area contributed by atoms with Crippen molar-refractivity contribution in [1.82, 2.24) is 15.1 Å². The van der Waals surface area contributed by atoms with Gasteiger partial charge >= 0.3 is 0 Å². The predicted molar refractivity (Wildman–Crippen MR) is 118 cm³/mol. The lowest BCUT2D eigenvalue weighted by Crippen LogP contribution is -2.25. The van der Waals surface area contributed by atoms with Gasteiger partial charge in [-0.2, -0.15) is 0 Å². The van der Waals surface area contributed by atoms with Gasteiger partial charge in [0, 0.05) is 36.8 Å². The van der Waals surface area contributed by atoms with E-state index in [4.69, 9.17) is 11.6 Å². The molecule has 5 rings (SSSR count). The van der Waals surface area contributed by atoms with E-state index >= 15 is 0 Å². The van der Waals surface area contributed by atoms with E-state index in [1.807, 2.05) is 24.3 Å². The van der Waals surface area contributed by atoms with Crippen molar-refractivity contribution in [3.63, 3.8) is 0 Å². The average molecular weight is 441 g/mol. The van der Waals surface area contributed by atoms with E-state index in [1.165, 1.54) is 24.3 Å². The summed E-state index contributed by atoms with van der Waals surface area (Å²) < 4.78 is 27.5. The molecule has 7 heteroatoms. The van der Waals surface area contributed by atoms with E-state index in [1.54, 1.807) is 6.07 Å². The zero-order valence-electron chi connectivity index (χ0n) is 16.9. The summed E-state index contributed by atoms with van der Waals surface area (Å²) in [6, 6.07) is 15.3. The smallest absolute Gasteiger partial charge is 0.148 e. The zero-order valence-corrected chi connectivity index (χ0v) is 17.7. The fourth-order valence-electron chi connectivity index (χ4n) is 4.97. The number of rotatable bonds is 5. The summed E-state index contributed by atoms with van der Waals surface area (Å²) in [5.41, 5.74) is 1.85. The van der Waals surface area contributed by atoms with E-state index in [2.05, 4.69) is 20.4 Å². The number of benzene rings is 2. The predicted octanol–water partition coefficient (Wildman–Crippen LogP) is 5.40. The van der Waals surface area contributed by atoms with Crippen LogP contribution in [-0.2, 0) is 6.54 Å². The molecule has 0 amide bonds. The minimum Gasteiger partial charge on any atom is -0.366 e. The lowest BCUT2D eigenvalue weighted by molar-refractivity contribution is 0.296. The molecule has 3 aromatic rings. The van der Waals surface area contributed by atoms with Gasteiger partial charge in [-0.1, -0.05) is 29.8 Å². The highest BCUT2D eigenvalue weighted by molar-refractivity contribution is 6.33. The first kappa shape index (κ1) is 20.3. The second kappa shape index (κ2) is 8.52. The first-order chi connectivity index (χ1) is 15.0. The normalized spacial score (nSPS) is 23.1. The van der Waals surface area contributed by atoms with Crippen LogP contribution in [0, 0.1) is 23.5 Å². The minimum absolute atomic E-state index is 0.124. The maximum atomic E-state index is 13.9. The third-order valence-corrected chi connectivity index (χ3v) is 6.73. The van der Waals surface area contributed by atoms with Crippen molar-refractivity contribution >= 4 is 17.4 Å². The topological polar surface area (TPSA) is 41.0 Å². The number of halogens is 3. The highest BCUT2D eigenvalue weighted by Crippen LogP contribution is 2.39. The number of hydrogen-bond donors (Lipinski definition) is 1. The summed E-state index contributed by atoms with van der Waals surface area (Å²) in [5, 5.41) is 12.4. The van der Waals surface area contributed by atoms with Crippen LogP contribution >= 0.6 is 11.6 Å². The summed E-state index contributed by atoms with van der Waals surface area (Å²) in [7, 11) is 0. The van der Waals surface area contributed by atoms with Gasteiger partial charge in [0.05, 0.1) is 10.7 Å². The number of nitrogens with one attached hydrogen (secondary N) is 1. The molecular formula is C24H23ClF2N4. The van der Waals surface area contributed by atoms with Gasteiger partial charge in [0.25, 0.3) is 0 Å². The Morgan fingerprint density at radius 3 is 2.45 bits per heavy atom. The number of likely N-dealkylation sites (tertiary alicyclic amines) is 1. The van der Waals surface area contributed by atoms with Crippen molar-refractivity contribution in [2.45, 2.75) is 25.4 Å². The monoisotopic (exact) mass is 440 g/mol. The molecule has 1 saturated heterocycles. The minimum atomic E-state index is -0.357. The maximum Gasteiger partial charge on any atom is 0.148 e. The Balaban J connectivity index is 1.17. The Bertz CT molecular complexity index is 1060. The number of nitrogens with zero attached hydrogens (tertiary/aromatic N) is 3. The Hall–Kier alpha value is -2.57. The van der Waals surface area contributed by atoms with E-state index in [9.17, 15) is 8.78 Å². The summed E-state index contributed by atoms with van der Waals surface area (Å²) in [4.78, 5) is 2.36. The van der Waals surface area contributed by atoms with Crippen LogP contribution in [0.5, 0.6) is 0 Å². The van der Waals surface area contributed by atoms with Gasteiger partial charge in [-0.25, -0.2) is 8.78 Å². The Labute approximate surface area is 185 Å². The average Bonchev–Trinajstić information content (AvgIpc) is 3.30. The van der Waals surface area contributed by atoms with Crippen molar-refractivity contribution in [3.8, 4) is 11.3 Å². The molecule has 1 aliphatic carbocycles. The summed E-state index contributed by atoms with van der Waals surface area (Å²) in [5.74, 6) is 1.46. The molecule has 3 atom stereocenters. The van der Waals surface area contributed by atoms with Crippen LogP contribution in [0.4, 0.5) is 14.6 Å². The Morgan fingerprint density at radius 2 is 1.74 bits per heavy atom. The van der Waals surface area contributed by atoms with Gasteiger partial charge in [-0.3, -0.25) is 4.90 Å². The molecule has 1 aliphatic heterocycles. The molecule has 2 heterocycles. The van der Waals surface area contributed by atoms with Crippen molar-refractivity contribution < 1.29 is 8.78 Å². The second-order valence-corrected chi connectivity index (χ2v) is 8.95. The van der Waals surface area contributed by atoms with Crippen LogP contribution in [0.1, 0.15) is 18.4 Å². The van der Waals surface area contributed by atoms with Gasteiger partial charge in [0.1, 0.15) is 17.5 Å². The van der Waals surface area contributed by atoms with Crippen molar-refractivity contribution in [2.24, 2.45) is 11.8 Å². The zero-order chi connectivity index (χ0) is 21.4. The van der Waals surface area contributed by atoms with Gasteiger partial charge in [0.2, 0.25) is 0 Å². The van der Waals surface area contributed by atoms with Gasteiger partial charge in [0.15, 0.2) is 0 Å². The van der Waals surface area contributed by atoms with Crippen molar-refractivity contribution in [1.29, 1.82) is 0 Å². The van der Waals surface area contributed by atoms with Crippen molar-refractivity contribution in [3.05, 3.63) is 76.8 Å². The highest BCUT2D eigenvalue weighted by Gasteiger charge is 2.40. The van der Waals surface area contributed by atoms with Crippen LogP contribution in [0.3, 0.4) is 0 Å². The molecule has 0 radical (unpaired) electrons. The number of aromatic nitrogens is 2. The van der Waals surface area contributed by atoms with Gasteiger partial charge in [-0.15, -0.1) is 10.2 Å². The van der Waals surface area contributed by atoms with E-state index in [-0.39, 0.29) is 11.6 Å². The molecule has 0 bridgehead atoms. The molecular weight excluding hydrogens is 418 g/mol. The van der Waals surface area contributed by atoms with E-state index in [0.29, 0.717) is 46.5 Å². The Morgan fingerprint density at radius 1 is 0.968 bits per heavy atom. The van der Waals surface area contributed by atoms with Crippen LogP contribution < -0.4 is 5.32 Å². The number of anilines is 1. The second-order valence-electron chi connectivity index (χ2n) is 8.55.